The van der Waals surface area contributed by atoms with E-state index in [4.69, 9.17) is 9.52 Å². The van der Waals surface area contributed by atoms with Gasteiger partial charge in [-0.15, -0.1) is 0 Å². The van der Waals surface area contributed by atoms with Crippen molar-refractivity contribution in [3.63, 3.8) is 0 Å². The first kappa shape index (κ1) is 8.29. The minimum absolute atomic E-state index is 0.220. The fourth-order valence-electron chi connectivity index (χ4n) is 1.79. The number of aromatic nitrogens is 1. The number of hydrogen-bond acceptors (Lipinski definition) is 3. The molecule has 0 fully saturated rings. The van der Waals surface area contributed by atoms with E-state index in [-0.39, 0.29) is 12.3 Å². The Balaban J connectivity index is 2.04. The lowest BCUT2D eigenvalue weighted by atomic mass is 9.88. The van der Waals surface area contributed by atoms with Crippen LogP contribution >= 0.6 is 0 Å². The molecule has 0 bridgehead atoms. The van der Waals surface area contributed by atoms with Gasteiger partial charge in [-0.2, -0.15) is 0 Å². The third-order valence-corrected chi connectivity index (χ3v) is 2.45. The Kier molecular flexibility index (Phi) is 2.04. The Hall–Kier alpha value is -1.32. The Bertz CT molecular complexity index is 318. The van der Waals surface area contributed by atoms with Crippen molar-refractivity contribution in [3.8, 4) is 0 Å². The predicted octanol–water partition coefficient (Wildman–Crippen LogP) is 1.25. The second kappa shape index (κ2) is 3.20. The molecule has 1 aliphatic carbocycles. The summed E-state index contributed by atoms with van der Waals surface area (Å²) in [6.45, 7) is 0. The number of nitrogens with zero attached hydrogens (tertiary/aromatic N) is 1. The van der Waals surface area contributed by atoms with Gasteiger partial charge in [0.25, 0.3) is 0 Å². The van der Waals surface area contributed by atoms with E-state index in [1.54, 1.807) is 0 Å². The molecule has 0 aliphatic heterocycles. The summed E-state index contributed by atoms with van der Waals surface area (Å²) in [5, 5.41) is 8.62. The van der Waals surface area contributed by atoms with Gasteiger partial charge in [0.15, 0.2) is 6.39 Å². The molecule has 0 spiro atoms. The molecule has 1 unspecified atom stereocenters. The Morgan fingerprint density at radius 1 is 1.77 bits per heavy atom. The van der Waals surface area contributed by atoms with Crippen molar-refractivity contribution in [1.29, 1.82) is 0 Å². The number of hydrogen-bond donors (Lipinski definition) is 1. The van der Waals surface area contributed by atoms with Crippen molar-refractivity contribution in [2.75, 3.05) is 0 Å². The number of carboxylic acids is 1. The predicted molar refractivity (Wildman–Crippen MR) is 44.3 cm³/mol. The maximum Gasteiger partial charge on any atom is 0.303 e. The molecular weight excluding hydrogens is 170 g/mol. The normalized spacial score (nSPS) is 21.1. The minimum Gasteiger partial charge on any atom is -0.481 e. The zero-order valence-electron chi connectivity index (χ0n) is 7.19. The Morgan fingerprint density at radius 3 is 3.38 bits per heavy atom. The summed E-state index contributed by atoms with van der Waals surface area (Å²) < 4.78 is 5.16. The summed E-state index contributed by atoms with van der Waals surface area (Å²) in [7, 11) is 0. The van der Waals surface area contributed by atoms with Gasteiger partial charge in [0.2, 0.25) is 0 Å². The Labute approximate surface area is 75.6 Å². The van der Waals surface area contributed by atoms with Gasteiger partial charge in [-0.25, -0.2) is 4.98 Å². The molecule has 2 rings (SSSR count). The summed E-state index contributed by atoms with van der Waals surface area (Å²) in [6, 6.07) is 0. The number of carbonyl (C=O) groups is 1. The van der Waals surface area contributed by atoms with E-state index in [0.29, 0.717) is 0 Å². The number of carboxylic acid groups (broad SMARTS) is 1. The van der Waals surface area contributed by atoms with E-state index in [1.807, 2.05) is 0 Å². The zero-order chi connectivity index (χ0) is 9.26. The second-order valence-electron chi connectivity index (χ2n) is 3.43. The molecular formula is C9H11NO3. The van der Waals surface area contributed by atoms with Gasteiger partial charge >= 0.3 is 5.97 Å². The SMILES string of the molecule is O=C(O)CC1CCc2ncoc2C1. The lowest BCUT2D eigenvalue weighted by Crippen LogP contribution is -2.16. The first-order chi connectivity index (χ1) is 6.25. The number of aryl methyl sites for hydroxylation is 1. The molecule has 1 aromatic rings. The van der Waals surface area contributed by atoms with Crippen LogP contribution in [0.1, 0.15) is 24.3 Å². The largest absolute Gasteiger partial charge is 0.481 e. The maximum atomic E-state index is 10.5. The van der Waals surface area contributed by atoms with E-state index in [1.165, 1.54) is 6.39 Å². The molecule has 0 aromatic carbocycles. The average molecular weight is 181 g/mol. The molecule has 13 heavy (non-hydrogen) atoms. The van der Waals surface area contributed by atoms with Crippen molar-refractivity contribution < 1.29 is 14.3 Å². The van der Waals surface area contributed by atoms with E-state index < -0.39 is 5.97 Å². The molecule has 0 amide bonds. The summed E-state index contributed by atoms with van der Waals surface area (Å²) in [5.41, 5.74) is 1.00. The molecule has 4 heteroatoms. The highest BCUT2D eigenvalue weighted by molar-refractivity contribution is 5.67. The third-order valence-electron chi connectivity index (χ3n) is 2.45. The summed E-state index contributed by atoms with van der Waals surface area (Å²) in [5.74, 6) is 0.364. The summed E-state index contributed by atoms with van der Waals surface area (Å²) >= 11 is 0. The first-order valence-corrected chi connectivity index (χ1v) is 4.38. The van der Waals surface area contributed by atoms with Crippen LogP contribution in [0.3, 0.4) is 0 Å². The van der Waals surface area contributed by atoms with E-state index in [2.05, 4.69) is 4.98 Å². The number of aliphatic carboxylic acids is 1. The van der Waals surface area contributed by atoms with Crippen LogP contribution in [0.25, 0.3) is 0 Å². The second-order valence-corrected chi connectivity index (χ2v) is 3.43. The number of rotatable bonds is 2. The van der Waals surface area contributed by atoms with Gasteiger partial charge in [0.1, 0.15) is 5.76 Å². The van der Waals surface area contributed by atoms with Gasteiger partial charge in [-0.1, -0.05) is 0 Å². The van der Waals surface area contributed by atoms with Gasteiger partial charge in [-0.3, -0.25) is 4.79 Å². The fraction of sp³-hybridized carbons (Fsp3) is 0.556. The zero-order valence-corrected chi connectivity index (χ0v) is 7.19. The van der Waals surface area contributed by atoms with Crippen molar-refractivity contribution in [1.82, 2.24) is 4.98 Å². The quantitative estimate of drug-likeness (QED) is 0.745. The fourth-order valence-corrected chi connectivity index (χ4v) is 1.79. The molecule has 0 saturated carbocycles. The molecule has 4 nitrogen and oxygen atoms in total. The number of fused-ring (bicyclic) bond motifs is 1. The monoisotopic (exact) mass is 181 g/mol. The van der Waals surface area contributed by atoms with Gasteiger partial charge in [0, 0.05) is 12.8 Å². The minimum atomic E-state index is -0.729. The highest BCUT2D eigenvalue weighted by Crippen LogP contribution is 2.26. The van der Waals surface area contributed by atoms with Crippen LogP contribution in [0.15, 0.2) is 10.8 Å². The van der Waals surface area contributed by atoms with Gasteiger partial charge in [-0.05, 0) is 18.8 Å². The third kappa shape index (κ3) is 1.71. The molecule has 1 aliphatic rings. The van der Waals surface area contributed by atoms with Crippen LogP contribution in [0.5, 0.6) is 0 Å². The molecule has 70 valence electrons. The summed E-state index contributed by atoms with van der Waals surface area (Å²) in [4.78, 5) is 14.5. The smallest absolute Gasteiger partial charge is 0.303 e. The highest BCUT2D eigenvalue weighted by Gasteiger charge is 2.23. The van der Waals surface area contributed by atoms with Crippen LogP contribution in [0, 0.1) is 5.92 Å². The van der Waals surface area contributed by atoms with Crippen LogP contribution in [-0.4, -0.2) is 16.1 Å². The van der Waals surface area contributed by atoms with Crippen LogP contribution in [0.2, 0.25) is 0 Å². The average Bonchev–Trinajstić information content (AvgIpc) is 2.49. The van der Waals surface area contributed by atoms with Crippen molar-refractivity contribution in [2.45, 2.75) is 25.7 Å². The molecule has 0 radical (unpaired) electrons. The Morgan fingerprint density at radius 2 is 2.62 bits per heavy atom. The van der Waals surface area contributed by atoms with Gasteiger partial charge < -0.3 is 9.52 Å². The number of oxazole rings is 1. The topological polar surface area (TPSA) is 63.3 Å². The van der Waals surface area contributed by atoms with Gasteiger partial charge in [0.05, 0.1) is 5.69 Å². The first-order valence-electron chi connectivity index (χ1n) is 4.38. The van der Waals surface area contributed by atoms with Crippen LogP contribution < -0.4 is 0 Å². The molecule has 1 N–H and O–H groups in total. The molecule has 0 saturated heterocycles. The standard InChI is InChI=1S/C9H11NO3/c11-9(12)4-6-1-2-7-8(3-6)13-5-10-7/h5-6H,1-4H2,(H,11,12). The van der Waals surface area contributed by atoms with Crippen molar-refractivity contribution in [2.24, 2.45) is 5.92 Å². The summed E-state index contributed by atoms with van der Waals surface area (Å²) in [6.07, 6.45) is 4.16. The van der Waals surface area contributed by atoms with Crippen molar-refractivity contribution >= 4 is 5.97 Å². The lowest BCUT2D eigenvalue weighted by molar-refractivity contribution is -0.138. The van der Waals surface area contributed by atoms with Crippen LogP contribution in [0.4, 0.5) is 0 Å². The van der Waals surface area contributed by atoms with E-state index in [9.17, 15) is 4.79 Å². The molecule has 1 aromatic heterocycles. The van der Waals surface area contributed by atoms with E-state index in [0.717, 1.165) is 30.7 Å². The molecule has 1 heterocycles. The van der Waals surface area contributed by atoms with Crippen LogP contribution in [-0.2, 0) is 17.6 Å². The maximum absolute atomic E-state index is 10.5. The lowest BCUT2D eigenvalue weighted by Gasteiger charge is -2.17. The van der Waals surface area contributed by atoms with Crippen molar-refractivity contribution in [3.05, 3.63) is 17.8 Å². The molecule has 1 atom stereocenters. The van der Waals surface area contributed by atoms with E-state index >= 15 is 0 Å². The highest BCUT2D eigenvalue weighted by atomic mass is 16.4.